The molecule has 3 aliphatic heterocycles. The fraction of sp³-hybridized carbons (Fsp3) is 0.379. The summed E-state index contributed by atoms with van der Waals surface area (Å²) in [6.07, 6.45) is 0.969. The Kier molecular flexibility index (Phi) is 6.38. The number of thiophene rings is 1. The molecule has 0 radical (unpaired) electrons. The van der Waals surface area contributed by atoms with Crippen LogP contribution in [0.1, 0.15) is 44.9 Å². The van der Waals surface area contributed by atoms with E-state index in [2.05, 4.69) is 47.5 Å². The highest BCUT2D eigenvalue weighted by molar-refractivity contribution is 7.10. The van der Waals surface area contributed by atoms with Crippen molar-refractivity contribution < 1.29 is 19.1 Å². The Morgan fingerprint density at radius 1 is 1.00 bits per heavy atom. The predicted octanol–water partition coefficient (Wildman–Crippen LogP) is 4.11. The summed E-state index contributed by atoms with van der Waals surface area (Å²) in [5, 5.41) is 2.17. The van der Waals surface area contributed by atoms with Gasteiger partial charge in [-0.3, -0.25) is 14.5 Å². The Bertz CT molecular complexity index is 1340. The number of amides is 2. The van der Waals surface area contributed by atoms with E-state index >= 15 is 0 Å². The first-order valence-electron chi connectivity index (χ1n) is 12.8. The topological polar surface area (TPSA) is 62.3 Å². The number of aryl methyl sites for hydroxylation is 1. The van der Waals surface area contributed by atoms with Gasteiger partial charge in [0.15, 0.2) is 11.5 Å². The summed E-state index contributed by atoms with van der Waals surface area (Å²) in [5.74, 6) is 1.35. The van der Waals surface area contributed by atoms with Gasteiger partial charge in [-0.2, -0.15) is 0 Å². The number of hydrogen-bond donors (Lipinski definition) is 0. The number of piperazine rings is 1. The molecule has 0 unspecified atom stereocenters. The molecule has 3 aromatic rings. The third kappa shape index (κ3) is 4.49. The van der Waals surface area contributed by atoms with Gasteiger partial charge in [0.1, 0.15) is 0 Å². The zero-order valence-corrected chi connectivity index (χ0v) is 22.0. The molecular formula is C29H31N3O4S. The van der Waals surface area contributed by atoms with E-state index in [9.17, 15) is 9.59 Å². The molecule has 4 heterocycles. The highest BCUT2D eigenvalue weighted by Crippen LogP contribution is 2.39. The molecule has 0 aliphatic carbocycles. The van der Waals surface area contributed by atoms with E-state index in [1.807, 2.05) is 28.1 Å². The van der Waals surface area contributed by atoms with E-state index < -0.39 is 0 Å². The third-order valence-corrected chi connectivity index (χ3v) is 8.74. The highest BCUT2D eigenvalue weighted by Gasteiger charge is 2.35. The molecule has 0 saturated carbocycles. The summed E-state index contributed by atoms with van der Waals surface area (Å²) >= 11 is 1.81. The Morgan fingerprint density at radius 3 is 2.68 bits per heavy atom. The Labute approximate surface area is 221 Å². The Balaban J connectivity index is 1.14. The largest absolute Gasteiger partial charge is 0.454 e. The lowest BCUT2D eigenvalue weighted by Crippen LogP contribution is -2.57. The van der Waals surface area contributed by atoms with E-state index in [1.165, 1.54) is 21.6 Å². The van der Waals surface area contributed by atoms with Crippen LogP contribution < -0.4 is 9.47 Å². The first-order chi connectivity index (χ1) is 18.0. The number of carbonyl (C=O) groups excluding carboxylic acids is 2. The van der Waals surface area contributed by atoms with Gasteiger partial charge < -0.3 is 19.3 Å². The molecule has 1 aromatic heterocycles. The van der Waals surface area contributed by atoms with Crippen LogP contribution in [-0.2, 0) is 11.2 Å². The van der Waals surface area contributed by atoms with Crippen LogP contribution in [0.2, 0.25) is 0 Å². The number of fused-ring (bicyclic) bond motifs is 2. The molecule has 0 N–H and O–H groups in total. The molecular weight excluding hydrogens is 486 g/mol. The summed E-state index contributed by atoms with van der Waals surface area (Å²) in [6.45, 7) is 7.14. The fourth-order valence-corrected chi connectivity index (χ4v) is 6.66. The van der Waals surface area contributed by atoms with Gasteiger partial charge in [-0.25, -0.2) is 0 Å². The van der Waals surface area contributed by atoms with Crippen molar-refractivity contribution in [2.24, 2.45) is 0 Å². The number of benzene rings is 2. The predicted molar refractivity (Wildman–Crippen MR) is 142 cm³/mol. The SMILES string of the molecule is Cc1ccccc1[C@H]1c2ccsc2CCN1CC(=O)N1CCN(C(=O)c2ccc3c(c2)OCO3)[C@@H](C)C1. The minimum Gasteiger partial charge on any atom is -0.454 e. The highest BCUT2D eigenvalue weighted by atomic mass is 32.1. The number of rotatable bonds is 4. The summed E-state index contributed by atoms with van der Waals surface area (Å²) in [7, 11) is 0. The van der Waals surface area contributed by atoms with Gasteiger partial charge in [0.05, 0.1) is 12.6 Å². The molecule has 1 fully saturated rings. The van der Waals surface area contributed by atoms with Crippen molar-refractivity contribution in [2.45, 2.75) is 32.4 Å². The lowest BCUT2D eigenvalue weighted by Gasteiger charge is -2.42. The van der Waals surface area contributed by atoms with E-state index in [0.29, 0.717) is 43.2 Å². The molecule has 0 bridgehead atoms. The second-order valence-electron chi connectivity index (χ2n) is 10.0. The van der Waals surface area contributed by atoms with E-state index in [4.69, 9.17) is 9.47 Å². The van der Waals surface area contributed by atoms with Crippen LogP contribution in [0, 0.1) is 6.92 Å². The summed E-state index contributed by atoms with van der Waals surface area (Å²) in [4.78, 5) is 34.3. The minimum atomic E-state index is -0.0763. The maximum Gasteiger partial charge on any atom is 0.254 e. The first kappa shape index (κ1) is 24.0. The van der Waals surface area contributed by atoms with Gasteiger partial charge in [0.2, 0.25) is 12.7 Å². The summed E-state index contributed by atoms with van der Waals surface area (Å²) in [5.41, 5.74) is 4.41. The number of hydrogen-bond acceptors (Lipinski definition) is 6. The molecule has 192 valence electrons. The fourth-order valence-electron chi connectivity index (χ4n) is 5.75. The van der Waals surface area contributed by atoms with Crippen molar-refractivity contribution in [3.63, 3.8) is 0 Å². The van der Waals surface area contributed by atoms with Gasteiger partial charge in [0, 0.05) is 42.7 Å². The van der Waals surface area contributed by atoms with Crippen LogP contribution in [0.25, 0.3) is 0 Å². The van der Waals surface area contributed by atoms with Gasteiger partial charge in [-0.05, 0) is 66.6 Å². The Hall–Kier alpha value is -3.36. The maximum absolute atomic E-state index is 13.6. The molecule has 3 aliphatic rings. The van der Waals surface area contributed by atoms with Crippen molar-refractivity contribution >= 4 is 23.2 Å². The minimum absolute atomic E-state index is 0.0430. The van der Waals surface area contributed by atoms with Crippen LogP contribution in [0.3, 0.4) is 0 Å². The number of nitrogens with zero attached hydrogens (tertiary/aromatic N) is 3. The van der Waals surface area contributed by atoms with Crippen molar-refractivity contribution in [1.82, 2.24) is 14.7 Å². The van der Waals surface area contributed by atoms with Crippen molar-refractivity contribution in [3.8, 4) is 11.5 Å². The van der Waals surface area contributed by atoms with Gasteiger partial charge in [-0.15, -0.1) is 11.3 Å². The van der Waals surface area contributed by atoms with Crippen molar-refractivity contribution in [3.05, 3.63) is 81.0 Å². The average Bonchev–Trinajstić information content (AvgIpc) is 3.58. The average molecular weight is 518 g/mol. The normalized spacial score (nSPS) is 21.1. The van der Waals surface area contributed by atoms with E-state index in [-0.39, 0.29) is 30.7 Å². The Morgan fingerprint density at radius 2 is 1.84 bits per heavy atom. The summed E-state index contributed by atoms with van der Waals surface area (Å²) < 4.78 is 10.8. The molecule has 8 heteroatoms. The lowest BCUT2D eigenvalue weighted by molar-refractivity contribution is -0.135. The molecule has 1 saturated heterocycles. The maximum atomic E-state index is 13.6. The molecule has 0 spiro atoms. The van der Waals surface area contributed by atoms with E-state index in [1.54, 1.807) is 18.2 Å². The first-order valence-corrected chi connectivity index (χ1v) is 13.7. The molecule has 7 nitrogen and oxygen atoms in total. The second-order valence-corrected chi connectivity index (χ2v) is 11.0. The van der Waals surface area contributed by atoms with Crippen LogP contribution >= 0.6 is 11.3 Å². The lowest BCUT2D eigenvalue weighted by atomic mass is 9.90. The van der Waals surface area contributed by atoms with Crippen LogP contribution in [0.15, 0.2) is 53.9 Å². The standard InChI is InChI=1S/C29H31N3O4S/c1-19-5-3-4-6-22(19)28-23-10-14-37-26(23)9-11-31(28)17-27(33)30-12-13-32(20(2)16-30)29(34)21-7-8-24-25(15-21)36-18-35-24/h3-8,10,14-15,20,28H,9,11-13,16-18H2,1-2H3/t20-,28-/m0/s1. The van der Waals surface area contributed by atoms with Crippen LogP contribution in [0.4, 0.5) is 0 Å². The van der Waals surface area contributed by atoms with E-state index in [0.717, 1.165) is 13.0 Å². The monoisotopic (exact) mass is 517 g/mol. The van der Waals surface area contributed by atoms with Crippen LogP contribution in [0.5, 0.6) is 11.5 Å². The van der Waals surface area contributed by atoms with Crippen molar-refractivity contribution in [1.29, 1.82) is 0 Å². The van der Waals surface area contributed by atoms with Gasteiger partial charge in [-0.1, -0.05) is 24.3 Å². The van der Waals surface area contributed by atoms with Gasteiger partial charge >= 0.3 is 0 Å². The third-order valence-electron chi connectivity index (χ3n) is 7.75. The summed E-state index contributed by atoms with van der Waals surface area (Å²) in [6, 6.07) is 16.0. The van der Waals surface area contributed by atoms with Crippen LogP contribution in [-0.4, -0.2) is 72.1 Å². The molecule has 6 rings (SSSR count). The number of carbonyl (C=O) groups is 2. The second kappa shape index (κ2) is 9.84. The zero-order chi connectivity index (χ0) is 25.5. The smallest absolute Gasteiger partial charge is 0.254 e. The molecule has 37 heavy (non-hydrogen) atoms. The quantitative estimate of drug-likeness (QED) is 0.521. The molecule has 2 atom stereocenters. The zero-order valence-electron chi connectivity index (χ0n) is 21.2. The van der Waals surface area contributed by atoms with Crippen molar-refractivity contribution in [2.75, 3.05) is 39.5 Å². The molecule has 2 aromatic carbocycles. The molecule has 2 amide bonds. The number of ether oxygens (including phenoxy) is 2. The van der Waals surface area contributed by atoms with Gasteiger partial charge in [0.25, 0.3) is 5.91 Å².